The van der Waals surface area contributed by atoms with Crippen molar-refractivity contribution in [2.24, 2.45) is 10.9 Å². The first-order chi connectivity index (χ1) is 15.0. The van der Waals surface area contributed by atoms with Gasteiger partial charge in [-0.25, -0.2) is 0 Å². The Bertz CT molecular complexity index is 564. The molecule has 2 aliphatic rings. The molecule has 0 aromatic heterocycles. The molecule has 7 nitrogen and oxygen atoms in total. The minimum atomic E-state index is 0.220. The lowest BCUT2D eigenvalue weighted by atomic mass is 9.96. The average molecular weight is 436 g/mol. The van der Waals surface area contributed by atoms with Crippen molar-refractivity contribution in [1.82, 2.24) is 20.4 Å². The topological polar surface area (TPSA) is 77.0 Å². The highest BCUT2D eigenvalue weighted by molar-refractivity contribution is 5.80. The van der Waals surface area contributed by atoms with Gasteiger partial charge in [0.1, 0.15) is 0 Å². The predicted octanol–water partition coefficient (Wildman–Crippen LogP) is 3.15. The maximum Gasteiger partial charge on any atom is 0.222 e. The molecular formula is C24H45N5O2. The molecule has 2 fully saturated rings. The fraction of sp³-hybridized carbons (Fsp3) is 0.875. The molecule has 1 saturated carbocycles. The van der Waals surface area contributed by atoms with Gasteiger partial charge in [0.15, 0.2) is 5.96 Å². The molecule has 1 saturated heterocycles. The molecule has 0 spiro atoms. The molecule has 178 valence electrons. The second-order valence-electron chi connectivity index (χ2n) is 9.41. The third-order valence-corrected chi connectivity index (χ3v) is 6.18. The summed E-state index contributed by atoms with van der Waals surface area (Å²) in [4.78, 5) is 33.2. The molecule has 0 bridgehead atoms. The van der Waals surface area contributed by atoms with E-state index in [-0.39, 0.29) is 11.8 Å². The van der Waals surface area contributed by atoms with Crippen LogP contribution in [0.2, 0.25) is 0 Å². The number of aliphatic imine (C=N–C) groups is 1. The van der Waals surface area contributed by atoms with Crippen LogP contribution in [-0.4, -0.2) is 72.9 Å². The van der Waals surface area contributed by atoms with Gasteiger partial charge in [-0.15, -0.1) is 0 Å². The van der Waals surface area contributed by atoms with Crippen LogP contribution in [-0.2, 0) is 9.59 Å². The first-order valence-corrected chi connectivity index (χ1v) is 12.6. The van der Waals surface area contributed by atoms with Gasteiger partial charge in [-0.2, -0.15) is 0 Å². The summed E-state index contributed by atoms with van der Waals surface area (Å²) in [6.07, 6.45) is 10.6. The summed E-state index contributed by atoms with van der Waals surface area (Å²) >= 11 is 0. The van der Waals surface area contributed by atoms with E-state index in [0.717, 1.165) is 38.3 Å². The molecule has 2 rings (SSSR count). The van der Waals surface area contributed by atoms with Gasteiger partial charge in [0, 0.05) is 58.2 Å². The Labute approximate surface area is 189 Å². The summed E-state index contributed by atoms with van der Waals surface area (Å²) in [5.74, 6) is 1.77. The van der Waals surface area contributed by atoms with Crippen molar-refractivity contribution in [2.45, 2.75) is 91.0 Å². The van der Waals surface area contributed by atoms with Crippen molar-refractivity contribution < 1.29 is 9.59 Å². The Morgan fingerprint density at radius 1 is 0.935 bits per heavy atom. The maximum atomic E-state index is 12.5. The summed E-state index contributed by atoms with van der Waals surface area (Å²) in [5, 5.41) is 6.93. The molecule has 1 heterocycles. The van der Waals surface area contributed by atoms with Gasteiger partial charge in [0.25, 0.3) is 0 Å². The Morgan fingerprint density at radius 3 is 2.19 bits per heavy atom. The van der Waals surface area contributed by atoms with Crippen molar-refractivity contribution in [2.75, 3.05) is 39.3 Å². The largest absolute Gasteiger partial charge is 0.357 e. The molecule has 1 aliphatic carbocycles. The van der Waals surface area contributed by atoms with Crippen molar-refractivity contribution in [3.05, 3.63) is 0 Å². The van der Waals surface area contributed by atoms with Gasteiger partial charge >= 0.3 is 0 Å². The molecule has 0 aromatic carbocycles. The lowest BCUT2D eigenvalue weighted by Crippen LogP contribution is -2.50. The van der Waals surface area contributed by atoms with Crippen LogP contribution in [0.3, 0.4) is 0 Å². The smallest absolute Gasteiger partial charge is 0.222 e. The molecule has 1 aliphatic heterocycles. The Hall–Kier alpha value is -1.79. The van der Waals surface area contributed by atoms with Crippen molar-refractivity contribution >= 4 is 17.8 Å². The number of amides is 2. The minimum Gasteiger partial charge on any atom is -0.357 e. The molecule has 0 atom stereocenters. The zero-order chi connectivity index (χ0) is 22.5. The molecule has 2 N–H and O–H groups in total. The first kappa shape index (κ1) is 25.5. The summed E-state index contributed by atoms with van der Waals surface area (Å²) < 4.78 is 0. The van der Waals surface area contributed by atoms with E-state index in [2.05, 4.69) is 31.4 Å². The van der Waals surface area contributed by atoms with Crippen LogP contribution in [0, 0.1) is 5.92 Å². The lowest BCUT2D eigenvalue weighted by molar-refractivity contribution is -0.140. The van der Waals surface area contributed by atoms with Crippen molar-refractivity contribution in [3.8, 4) is 0 Å². The number of carbonyl (C=O) groups is 2. The third kappa shape index (κ3) is 9.92. The summed E-state index contributed by atoms with van der Waals surface area (Å²) in [7, 11) is 0. The number of unbranched alkanes of at least 4 members (excludes halogenated alkanes) is 2. The first-order valence-electron chi connectivity index (χ1n) is 12.6. The van der Waals surface area contributed by atoms with Crippen LogP contribution in [0.5, 0.6) is 0 Å². The number of rotatable bonds is 10. The van der Waals surface area contributed by atoms with E-state index >= 15 is 0 Å². The van der Waals surface area contributed by atoms with Crippen LogP contribution in [0.1, 0.15) is 85.0 Å². The van der Waals surface area contributed by atoms with Gasteiger partial charge < -0.3 is 20.4 Å². The summed E-state index contributed by atoms with van der Waals surface area (Å²) in [5.41, 5.74) is 0. The zero-order valence-corrected chi connectivity index (χ0v) is 20.1. The quantitative estimate of drug-likeness (QED) is 0.314. The van der Waals surface area contributed by atoms with E-state index in [9.17, 15) is 9.59 Å². The fourth-order valence-electron chi connectivity index (χ4n) is 4.36. The molecular weight excluding hydrogens is 390 g/mol. The van der Waals surface area contributed by atoms with Gasteiger partial charge in [-0.3, -0.25) is 14.6 Å². The van der Waals surface area contributed by atoms with E-state index in [0.29, 0.717) is 51.0 Å². The average Bonchev–Trinajstić information content (AvgIpc) is 2.76. The van der Waals surface area contributed by atoms with Crippen LogP contribution in [0.4, 0.5) is 0 Å². The number of nitrogens with one attached hydrogen (secondary N) is 2. The number of piperazine rings is 1. The third-order valence-electron chi connectivity index (χ3n) is 6.18. The van der Waals surface area contributed by atoms with E-state index in [4.69, 9.17) is 4.99 Å². The number of carbonyl (C=O) groups excluding carboxylic acids is 2. The Morgan fingerprint density at radius 2 is 1.58 bits per heavy atom. The SMILES string of the molecule is CCNC(=NCCCCCC(=O)N1CCN(C(=O)CC(C)C)CC1)NC1CCCCC1. The lowest BCUT2D eigenvalue weighted by Gasteiger charge is -2.35. The fourth-order valence-corrected chi connectivity index (χ4v) is 4.36. The maximum absolute atomic E-state index is 12.5. The standard InChI is InChI=1S/C24H45N5O2/c1-4-25-24(27-21-11-7-5-8-12-21)26-14-10-6-9-13-22(30)28-15-17-29(18-16-28)23(31)19-20(2)3/h20-21H,4-19H2,1-3H3,(H2,25,26,27). The number of hydrogen-bond acceptors (Lipinski definition) is 3. The highest BCUT2D eigenvalue weighted by atomic mass is 16.2. The van der Waals surface area contributed by atoms with E-state index in [1.54, 1.807) is 0 Å². The number of guanidine groups is 1. The van der Waals surface area contributed by atoms with Gasteiger partial charge in [0.2, 0.25) is 11.8 Å². The van der Waals surface area contributed by atoms with Gasteiger partial charge in [0.05, 0.1) is 0 Å². The second kappa shape index (κ2) is 14.3. The number of nitrogens with zero attached hydrogens (tertiary/aromatic N) is 3. The van der Waals surface area contributed by atoms with Crippen LogP contribution < -0.4 is 10.6 Å². The van der Waals surface area contributed by atoms with Crippen molar-refractivity contribution in [3.63, 3.8) is 0 Å². The molecule has 0 aromatic rings. The van der Waals surface area contributed by atoms with Gasteiger partial charge in [-0.1, -0.05) is 39.5 Å². The minimum absolute atomic E-state index is 0.220. The molecule has 2 amide bonds. The Kier molecular flexibility index (Phi) is 11.8. The van der Waals surface area contributed by atoms with E-state index in [1.807, 2.05) is 9.80 Å². The van der Waals surface area contributed by atoms with Crippen LogP contribution >= 0.6 is 0 Å². The van der Waals surface area contributed by atoms with Crippen LogP contribution in [0.15, 0.2) is 4.99 Å². The summed E-state index contributed by atoms with van der Waals surface area (Å²) in [6.45, 7) is 10.6. The molecule has 0 unspecified atom stereocenters. The molecule has 0 radical (unpaired) electrons. The highest BCUT2D eigenvalue weighted by Gasteiger charge is 2.24. The predicted molar refractivity (Wildman–Crippen MR) is 127 cm³/mol. The monoisotopic (exact) mass is 435 g/mol. The molecule has 31 heavy (non-hydrogen) atoms. The molecule has 7 heteroatoms. The van der Waals surface area contributed by atoms with Gasteiger partial charge in [-0.05, 0) is 38.5 Å². The van der Waals surface area contributed by atoms with E-state index in [1.165, 1.54) is 32.1 Å². The highest BCUT2D eigenvalue weighted by Crippen LogP contribution is 2.17. The van der Waals surface area contributed by atoms with Crippen LogP contribution in [0.25, 0.3) is 0 Å². The normalized spacial score (nSPS) is 18.4. The summed E-state index contributed by atoms with van der Waals surface area (Å²) in [6, 6.07) is 0.560. The van der Waals surface area contributed by atoms with E-state index < -0.39 is 0 Å². The Balaban J connectivity index is 1.58. The zero-order valence-electron chi connectivity index (χ0n) is 20.1. The number of hydrogen-bond donors (Lipinski definition) is 2. The van der Waals surface area contributed by atoms with Crippen molar-refractivity contribution in [1.29, 1.82) is 0 Å². The second-order valence-corrected chi connectivity index (χ2v) is 9.41.